The van der Waals surface area contributed by atoms with Gasteiger partial charge in [0.15, 0.2) is 11.5 Å². The zero-order valence-electron chi connectivity index (χ0n) is 13.1. The number of carbonyl (C=O) groups is 1. The second-order valence-electron chi connectivity index (χ2n) is 6.31. The average molecular weight is 301 g/mol. The summed E-state index contributed by atoms with van der Waals surface area (Å²) in [4.78, 5) is 11.6. The van der Waals surface area contributed by atoms with Crippen molar-refractivity contribution >= 4 is 5.78 Å². The molecule has 1 saturated carbocycles. The zero-order chi connectivity index (χ0) is 16.0. The number of hydrogen-bond acceptors (Lipinski definition) is 5. The maximum Gasteiger partial charge on any atom is 0.246 e. The minimum absolute atomic E-state index is 0.216. The van der Waals surface area contributed by atoms with Crippen molar-refractivity contribution in [3.63, 3.8) is 0 Å². The van der Waals surface area contributed by atoms with E-state index >= 15 is 0 Å². The summed E-state index contributed by atoms with van der Waals surface area (Å²) in [5.41, 5.74) is 0.0949. The van der Waals surface area contributed by atoms with E-state index < -0.39 is 11.2 Å². The van der Waals surface area contributed by atoms with Crippen LogP contribution in [0.25, 0.3) is 0 Å². The van der Waals surface area contributed by atoms with Gasteiger partial charge in [-0.3, -0.25) is 4.79 Å². The van der Waals surface area contributed by atoms with Gasteiger partial charge in [-0.05, 0) is 25.0 Å². The van der Waals surface area contributed by atoms with Crippen LogP contribution in [0.15, 0.2) is 12.1 Å². The molecule has 0 atom stereocenters. The van der Waals surface area contributed by atoms with Crippen molar-refractivity contribution in [2.45, 2.75) is 50.7 Å². The van der Waals surface area contributed by atoms with Crippen LogP contribution in [0.4, 0.5) is 0 Å². The molecule has 5 heteroatoms. The third-order valence-electron chi connectivity index (χ3n) is 4.38. The van der Waals surface area contributed by atoms with Crippen molar-refractivity contribution in [2.24, 2.45) is 0 Å². The minimum atomic E-state index is -0.799. The molecule has 2 aliphatic rings. The van der Waals surface area contributed by atoms with Gasteiger partial charge in [-0.25, -0.2) is 0 Å². The molecule has 116 valence electrons. The van der Waals surface area contributed by atoms with Gasteiger partial charge in [0.05, 0.1) is 18.6 Å². The first-order chi connectivity index (χ1) is 10.4. The molecule has 22 heavy (non-hydrogen) atoms. The quantitative estimate of drug-likeness (QED) is 0.839. The molecule has 0 radical (unpaired) electrons. The van der Waals surface area contributed by atoms with Gasteiger partial charge in [0.25, 0.3) is 0 Å². The first kappa shape index (κ1) is 14.7. The van der Waals surface area contributed by atoms with Gasteiger partial charge in [-0.15, -0.1) is 0 Å². The number of fused-ring (bicyclic) bond motifs is 1. The number of methoxy groups -OCH3 is 1. The molecule has 0 spiro atoms. The summed E-state index contributed by atoms with van der Waals surface area (Å²) in [6.45, 7) is 3.64. The molecular weight excluding hydrogens is 282 g/mol. The predicted molar refractivity (Wildman–Crippen MR) is 79.1 cm³/mol. The van der Waals surface area contributed by atoms with E-state index in [0.717, 1.165) is 5.56 Å². The number of ether oxygens (including phenoxy) is 3. The maximum absolute atomic E-state index is 11.6. The highest BCUT2D eigenvalue weighted by Crippen LogP contribution is 2.53. The van der Waals surface area contributed by atoms with Crippen LogP contribution in [0.1, 0.15) is 45.1 Å². The van der Waals surface area contributed by atoms with E-state index in [1.54, 1.807) is 13.2 Å². The topological polar surface area (TPSA) is 68.5 Å². The van der Waals surface area contributed by atoms with Gasteiger partial charge in [-0.2, -0.15) is 5.26 Å². The molecule has 1 aliphatic heterocycles. The highest BCUT2D eigenvalue weighted by atomic mass is 16.7. The Hall–Kier alpha value is -2.22. The van der Waals surface area contributed by atoms with Crippen LogP contribution in [0.5, 0.6) is 17.2 Å². The summed E-state index contributed by atoms with van der Waals surface area (Å²) in [6.07, 6.45) is 1.90. The third kappa shape index (κ3) is 2.19. The lowest BCUT2D eigenvalue weighted by atomic mass is 9.70. The Bertz CT molecular complexity index is 662. The zero-order valence-corrected chi connectivity index (χ0v) is 13.1. The lowest BCUT2D eigenvalue weighted by Gasteiger charge is -2.31. The molecule has 1 aromatic carbocycles. The number of nitriles is 1. The number of benzene rings is 1. The van der Waals surface area contributed by atoms with Gasteiger partial charge in [0.1, 0.15) is 5.78 Å². The van der Waals surface area contributed by atoms with E-state index in [2.05, 4.69) is 6.07 Å². The summed E-state index contributed by atoms with van der Waals surface area (Å²) in [6, 6.07) is 6.08. The van der Waals surface area contributed by atoms with E-state index in [1.807, 2.05) is 19.9 Å². The molecule has 1 aliphatic carbocycles. The van der Waals surface area contributed by atoms with E-state index in [0.29, 0.717) is 42.9 Å². The van der Waals surface area contributed by atoms with Gasteiger partial charge in [-0.1, -0.05) is 0 Å². The molecule has 5 nitrogen and oxygen atoms in total. The summed E-state index contributed by atoms with van der Waals surface area (Å²) < 4.78 is 17.1. The number of ketones is 1. The van der Waals surface area contributed by atoms with Gasteiger partial charge >= 0.3 is 0 Å². The molecule has 0 bridgehead atoms. The van der Waals surface area contributed by atoms with Crippen molar-refractivity contribution in [1.82, 2.24) is 0 Å². The van der Waals surface area contributed by atoms with E-state index in [1.165, 1.54) is 0 Å². The SMILES string of the molecule is COc1ccc(C2(C#N)CCC(=O)CC2)c2c1OC(C)(C)O2. The summed E-state index contributed by atoms with van der Waals surface area (Å²) in [7, 11) is 1.57. The first-order valence-electron chi connectivity index (χ1n) is 7.43. The molecule has 1 aromatic rings. The Kier molecular flexibility index (Phi) is 3.28. The summed E-state index contributed by atoms with van der Waals surface area (Å²) in [5, 5.41) is 9.78. The second kappa shape index (κ2) is 4.91. The van der Waals surface area contributed by atoms with Crippen LogP contribution in [-0.4, -0.2) is 18.7 Å². The normalized spacial score (nSPS) is 21.3. The minimum Gasteiger partial charge on any atom is -0.493 e. The third-order valence-corrected chi connectivity index (χ3v) is 4.38. The molecule has 1 fully saturated rings. The predicted octanol–water partition coefficient (Wildman–Crippen LogP) is 3.11. The number of hydrogen-bond donors (Lipinski definition) is 0. The van der Waals surface area contributed by atoms with Crippen LogP contribution in [0, 0.1) is 11.3 Å². The Balaban J connectivity index is 2.11. The van der Waals surface area contributed by atoms with Gasteiger partial charge in [0, 0.05) is 32.3 Å². The van der Waals surface area contributed by atoms with Crippen LogP contribution < -0.4 is 14.2 Å². The van der Waals surface area contributed by atoms with E-state index in [9.17, 15) is 10.1 Å². The van der Waals surface area contributed by atoms with Crippen molar-refractivity contribution in [2.75, 3.05) is 7.11 Å². The Morgan fingerprint density at radius 2 is 1.82 bits per heavy atom. The Morgan fingerprint density at radius 3 is 2.41 bits per heavy atom. The molecule has 0 amide bonds. The molecular formula is C17H19NO4. The summed E-state index contributed by atoms with van der Waals surface area (Å²) in [5.74, 6) is 1.11. The monoisotopic (exact) mass is 301 g/mol. The Morgan fingerprint density at radius 1 is 1.18 bits per heavy atom. The lowest BCUT2D eigenvalue weighted by Crippen LogP contribution is -2.32. The second-order valence-corrected chi connectivity index (χ2v) is 6.31. The molecule has 0 unspecified atom stereocenters. The van der Waals surface area contributed by atoms with Crippen molar-refractivity contribution in [3.05, 3.63) is 17.7 Å². The smallest absolute Gasteiger partial charge is 0.246 e. The molecule has 3 rings (SSSR count). The van der Waals surface area contributed by atoms with Crippen LogP contribution in [-0.2, 0) is 10.2 Å². The Labute approximate surface area is 129 Å². The van der Waals surface area contributed by atoms with Crippen molar-refractivity contribution in [1.29, 1.82) is 5.26 Å². The lowest BCUT2D eigenvalue weighted by molar-refractivity contribution is -0.121. The first-order valence-corrected chi connectivity index (χ1v) is 7.43. The molecule has 0 saturated heterocycles. The number of carbonyl (C=O) groups excluding carboxylic acids is 1. The number of Topliss-reactive ketones (excluding diaryl/α,β-unsaturated/α-hetero) is 1. The van der Waals surface area contributed by atoms with Crippen molar-refractivity contribution in [3.8, 4) is 23.3 Å². The summed E-state index contributed by atoms with van der Waals surface area (Å²) >= 11 is 0. The number of rotatable bonds is 2. The molecule has 0 N–H and O–H groups in total. The van der Waals surface area contributed by atoms with Crippen LogP contribution in [0.3, 0.4) is 0 Å². The fourth-order valence-corrected chi connectivity index (χ4v) is 3.19. The maximum atomic E-state index is 11.6. The largest absolute Gasteiger partial charge is 0.493 e. The fourth-order valence-electron chi connectivity index (χ4n) is 3.19. The highest BCUT2D eigenvalue weighted by molar-refractivity contribution is 5.80. The standard InChI is InChI=1S/C17H19NO4/c1-16(2)21-14-12(4-5-13(20-3)15(14)22-16)17(10-18)8-6-11(19)7-9-17/h4-5H,6-9H2,1-3H3. The van der Waals surface area contributed by atoms with Crippen LogP contribution >= 0.6 is 0 Å². The van der Waals surface area contributed by atoms with E-state index in [-0.39, 0.29) is 5.78 Å². The fraction of sp³-hybridized carbons (Fsp3) is 0.529. The van der Waals surface area contributed by atoms with Gasteiger partial charge < -0.3 is 14.2 Å². The van der Waals surface area contributed by atoms with Crippen LogP contribution in [0.2, 0.25) is 0 Å². The number of nitrogens with zero attached hydrogens (tertiary/aromatic N) is 1. The van der Waals surface area contributed by atoms with E-state index in [4.69, 9.17) is 14.2 Å². The van der Waals surface area contributed by atoms with Crippen molar-refractivity contribution < 1.29 is 19.0 Å². The van der Waals surface area contributed by atoms with Gasteiger partial charge in [0.2, 0.25) is 11.5 Å². The molecule has 1 heterocycles. The average Bonchev–Trinajstić information content (AvgIpc) is 2.82. The highest BCUT2D eigenvalue weighted by Gasteiger charge is 2.44. The molecule has 0 aromatic heterocycles.